The quantitative estimate of drug-likeness (QED) is 0.714. The van der Waals surface area contributed by atoms with Gasteiger partial charge in [0.05, 0.1) is 5.56 Å². The highest BCUT2D eigenvalue weighted by atomic mass is 16.5. The second-order valence-electron chi connectivity index (χ2n) is 5.89. The van der Waals surface area contributed by atoms with Gasteiger partial charge < -0.3 is 14.4 Å². The van der Waals surface area contributed by atoms with Gasteiger partial charge >= 0.3 is 5.97 Å². The second kappa shape index (κ2) is 7.99. The van der Waals surface area contributed by atoms with Crippen molar-refractivity contribution in [2.75, 3.05) is 26.2 Å². The van der Waals surface area contributed by atoms with Gasteiger partial charge in [0.1, 0.15) is 18.1 Å². The van der Waals surface area contributed by atoms with Gasteiger partial charge in [-0.15, -0.1) is 0 Å². The molecule has 1 aliphatic rings. The Balaban J connectivity index is 1.65. The van der Waals surface area contributed by atoms with Crippen LogP contribution in [0.2, 0.25) is 0 Å². The molecule has 0 aromatic heterocycles. The fourth-order valence-corrected chi connectivity index (χ4v) is 2.84. The number of hydrogen-bond acceptors (Lipinski definition) is 4. The van der Waals surface area contributed by atoms with E-state index in [-0.39, 0.29) is 5.97 Å². The van der Waals surface area contributed by atoms with E-state index >= 15 is 0 Å². The normalized spacial score (nSPS) is 14.7. The summed E-state index contributed by atoms with van der Waals surface area (Å²) in [5.41, 5.74) is 2.42. The molecule has 1 aliphatic heterocycles. The fraction of sp³-hybridized carbons (Fsp3) is 0.286. The molecular weight excluding hydrogens is 314 g/mol. The fourth-order valence-electron chi connectivity index (χ4n) is 2.84. The minimum atomic E-state index is -0.293. The van der Waals surface area contributed by atoms with E-state index in [4.69, 9.17) is 9.47 Å². The van der Waals surface area contributed by atoms with Crippen LogP contribution in [0.3, 0.4) is 0 Å². The number of ether oxygens (including phenoxy) is 2. The Morgan fingerprint density at radius 2 is 1.68 bits per heavy atom. The minimum Gasteiger partial charge on any atom is -0.492 e. The summed E-state index contributed by atoms with van der Waals surface area (Å²) in [5, 5.41) is 0. The number of nitrogens with zero attached hydrogens (tertiary/aromatic N) is 1. The van der Waals surface area contributed by atoms with Crippen molar-refractivity contribution in [3.05, 3.63) is 65.2 Å². The Bertz CT molecular complexity index is 761. The zero-order valence-corrected chi connectivity index (χ0v) is 14.7. The molecule has 0 fully saturated rings. The highest BCUT2D eigenvalue weighted by molar-refractivity contribution is 6.05. The molecule has 0 radical (unpaired) electrons. The predicted molar refractivity (Wildman–Crippen MR) is 99.5 cm³/mol. The maximum Gasteiger partial charge on any atom is 0.344 e. The van der Waals surface area contributed by atoms with Gasteiger partial charge in [0, 0.05) is 12.1 Å². The maximum absolute atomic E-state index is 11.9. The molecule has 0 saturated carbocycles. The monoisotopic (exact) mass is 337 g/mol. The van der Waals surface area contributed by atoms with Gasteiger partial charge in [-0.05, 0) is 42.9 Å². The van der Waals surface area contributed by atoms with E-state index in [1.54, 1.807) is 6.07 Å². The summed E-state index contributed by atoms with van der Waals surface area (Å²) in [4.78, 5) is 14.2. The molecule has 0 aliphatic carbocycles. The Labute approximate surface area is 148 Å². The topological polar surface area (TPSA) is 38.8 Å². The first-order valence-corrected chi connectivity index (χ1v) is 8.69. The number of benzene rings is 2. The van der Waals surface area contributed by atoms with Crippen LogP contribution in [0, 0.1) is 0 Å². The molecule has 2 aromatic carbocycles. The van der Waals surface area contributed by atoms with Crippen LogP contribution < -0.4 is 4.74 Å². The van der Waals surface area contributed by atoms with Crippen LogP contribution in [-0.4, -0.2) is 37.1 Å². The molecule has 1 heterocycles. The average Bonchev–Trinajstić information content (AvgIpc) is 2.96. The number of hydrogen-bond donors (Lipinski definition) is 0. The molecule has 2 aromatic rings. The van der Waals surface area contributed by atoms with Gasteiger partial charge in [-0.3, -0.25) is 0 Å². The number of carbonyl (C=O) groups is 1. The van der Waals surface area contributed by atoms with E-state index < -0.39 is 0 Å². The molecule has 4 heteroatoms. The van der Waals surface area contributed by atoms with E-state index in [1.807, 2.05) is 48.5 Å². The molecule has 0 amide bonds. The van der Waals surface area contributed by atoms with Crippen LogP contribution in [0.15, 0.2) is 48.5 Å². The first-order valence-electron chi connectivity index (χ1n) is 8.69. The molecule has 0 saturated heterocycles. The first kappa shape index (κ1) is 17.2. The summed E-state index contributed by atoms with van der Waals surface area (Å²) in [5.74, 6) is 1.15. The smallest absolute Gasteiger partial charge is 0.344 e. The molecular formula is C21H23NO3. The van der Waals surface area contributed by atoms with Crippen molar-refractivity contribution in [1.29, 1.82) is 0 Å². The summed E-state index contributed by atoms with van der Waals surface area (Å²) < 4.78 is 11.2. The average molecular weight is 337 g/mol. The molecule has 0 spiro atoms. The lowest BCUT2D eigenvalue weighted by Gasteiger charge is -2.18. The summed E-state index contributed by atoms with van der Waals surface area (Å²) >= 11 is 0. The lowest BCUT2D eigenvalue weighted by atomic mass is 10.1. The lowest BCUT2D eigenvalue weighted by molar-refractivity contribution is 0.0717. The summed E-state index contributed by atoms with van der Waals surface area (Å²) in [6, 6.07) is 15.2. The van der Waals surface area contributed by atoms with Gasteiger partial charge in [-0.25, -0.2) is 4.79 Å². The summed E-state index contributed by atoms with van der Waals surface area (Å²) in [6.45, 7) is 7.97. The summed E-state index contributed by atoms with van der Waals surface area (Å²) in [6.07, 6.45) is 1.88. The van der Waals surface area contributed by atoms with Crippen LogP contribution in [0.5, 0.6) is 5.75 Å². The molecule has 130 valence electrons. The number of likely N-dealkylation sites (N-methyl/N-ethyl adjacent to an activating group) is 1. The SMILES string of the molecule is CCN(CC)CCOc1ccc(/C=C2\OC(=O)c3ccccc32)cc1. The van der Waals surface area contributed by atoms with E-state index in [0.717, 1.165) is 36.5 Å². The second-order valence-corrected chi connectivity index (χ2v) is 5.89. The van der Waals surface area contributed by atoms with E-state index in [2.05, 4.69) is 18.7 Å². The zero-order valence-electron chi connectivity index (χ0n) is 14.7. The van der Waals surface area contributed by atoms with Crippen molar-refractivity contribution in [2.24, 2.45) is 0 Å². The number of fused-ring (bicyclic) bond motifs is 1. The van der Waals surface area contributed by atoms with Gasteiger partial charge in [-0.1, -0.05) is 44.2 Å². The first-order chi connectivity index (χ1) is 12.2. The van der Waals surface area contributed by atoms with E-state index in [9.17, 15) is 4.79 Å². The van der Waals surface area contributed by atoms with Crippen LogP contribution in [-0.2, 0) is 4.74 Å². The predicted octanol–water partition coefficient (Wildman–Crippen LogP) is 4.08. The van der Waals surface area contributed by atoms with Crippen LogP contribution in [0.25, 0.3) is 11.8 Å². The van der Waals surface area contributed by atoms with Crippen LogP contribution >= 0.6 is 0 Å². The lowest BCUT2D eigenvalue weighted by Crippen LogP contribution is -2.27. The van der Waals surface area contributed by atoms with E-state index in [0.29, 0.717) is 17.9 Å². The minimum absolute atomic E-state index is 0.293. The Hall–Kier alpha value is -2.59. The molecule has 3 rings (SSSR count). The highest BCUT2D eigenvalue weighted by Crippen LogP contribution is 2.31. The van der Waals surface area contributed by atoms with Crippen LogP contribution in [0.4, 0.5) is 0 Å². The Kier molecular flexibility index (Phi) is 5.51. The summed E-state index contributed by atoms with van der Waals surface area (Å²) in [7, 11) is 0. The van der Waals surface area contributed by atoms with Gasteiger partial charge in [0.15, 0.2) is 0 Å². The molecule has 0 unspecified atom stereocenters. The third-order valence-electron chi connectivity index (χ3n) is 4.36. The van der Waals surface area contributed by atoms with Crippen molar-refractivity contribution >= 4 is 17.8 Å². The largest absolute Gasteiger partial charge is 0.492 e. The maximum atomic E-state index is 11.9. The molecule has 4 nitrogen and oxygen atoms in total. The van der Waals surface area contributed by atoms with Crippen LogP contribution in [0.1, 0.15) is 35.3 Å². The molecule has 0 N–H and O–H groups in total. The van der Waals surface area contributed by atoms with Gasteiger partial charge in [-0.2, -0.15) is 0 Å². The third-order valence-corrected chi connectivity index (χ3v) is 4.36. The van der Waals surface area contributed by atoms with Crippen molar-refractivity contribution < 1.29 is 14.3 Å². The molecule has 0 bridgehead atoms. The van der Waals surface area contributed by atoms with Crippen molar-refractivity contribution in [2.45, 2.75) is 13.8 Å². The van der Waals surface area contributed by atoms with Gasteiger partial charge in [0.2, 0.25) is 0 Å². The number of rotatable bonds is 7. The van der Waals surface area contributed by atoms with Crippen molar-refractivity contribution in [3.8, 4) is 5.75 Å². The van der Waals surface area contributed by atoms with E-state index in [1.165, 1.54) is 0 Å². The Morgan fingerprint density at radius 3 is 2.36 bits per heavy atom. The van der Waals surface area contributed by atoms with Gasteiger partial charge in [0.25, 0.3) is 0 Å². The number of esters is 1. The molecule has 25 heavy (non-hydrogen) atoms. The molecule has 0 atom stereocenters. The third kappa shape index (κ3) is 4.09. The zero-order chi connectivity index (χ0) is 17.6. The number of cyclic esters (lactones) is 1. The Morgan fingerprint density at radius 1 is 1.00 bits per heavy atom. The van der Waals surface area contributed by atoms with Crippen molar-refractivity contribution in [1.82, 2.24) is 4.90 Å². The highest BCUT2D eigenvalue weighted by Gasteiger charge is 2.25. The van der Waals surface area contributed by atoms with Crippen molar-refractivity contribution in [3.63, 3.8) is 0 Å². The standard InChI is InChI=1S/C21H23NO3/c1-3-22(4-2)13-14-24-17-11-9-16(10-12-17)15-20-18-7-5-6-8-19(18)21(23)25-20/h5-12,15H,3-4,13-14H2,1-2H3/b20-15-. The number of carbonyl (C=O) groups excluding carboxylic acids is 1.